The number of aromatic nitrogens is 1. The van der Waals surface area contributed by atoms with Crippen LogP contribution in [-0.4, -0.2) is 16.7 Å². The van der Waals surface area contributed by atoms with Gasteiger partial charge in [-0.15, -0.1) is 0 Å². The average molecular weight is 204 g/mol. The van der Waals surface area contributed by atoms with Crippen molar-refractivity contribution in [3.05, 3.63) is 34.1 Å². The van der Waals surface area contributed by atoms with Crippen molar-refractivity contribution in [3.63, 3.8) is 0 Å². The molecule has 1 aromatic rings. The summed E-state index contributed by atoms with van der Waals surface area (Å²) in [5, 5.41) is 9.47. The van der Waals surface area contributed by atoms with Gasteiger partial charge >= 0.3 is 0 Å². The third-order valence-electron chi connectivity index (χ3n) is 1.22. The first-order valence-electron chi connectivity index (χ1n) is 3.32. The van der Waals surface area contributed by atoms with E-state index in [1.165, 1.54) is 6.20 Å². The van der Waals surface area contributed by atoms with Gasteiger partial charge in [-0.05, 0) is 12.1 Å². The SMILES string of the molecule is OCC=Cc1ncc(Cl)cc1Cl. The van der Waals surface area contributed by atoms with E-state index in [1.54, 1.807) is 18.2 Å². The van der Waals surface area contributed by atoms with Gasteiger partial charge in [0.25, 0.3) is 0 Å². The molecule has 0 aliphatic carbocycles. The topological polar surface area (TPSA) is 33.1 Å². The zero-order chi connectivity index (χ0) is 8.97. The highest BCUT2D eigenvalue weighted by molar-refractivity contribution is 6.35. The fourth-order valence-electron chi connectivity index (χ4n) is 0.712. The Morgan fingerprint density at radius 2 is 2.25 bits per heavy atom. The zero-order valence-corrected chi connectivity index (χ0v) is 7.68. The van der Waals surface area contributed by atoms with E-state index >= 15 is 0 Å². The minimum Gasteiger partial charge on any atom is -0.392 e. The number of hydrogen-bond donors (Lipinski definition) is 1. The van der Waals surface area contributed by atoms with Crippen molar-refractivity contribution in [2.24, 2.45) is 0 Å². The fraction of sp³-hybridized carbons (Fsp3) is 0.125. The molecule has 0 amide bonds. The number of hydrogen-bond acceptors (Lipinski definition) is 2. The Morgan fingerprint density at radius 3 is 2.83 bits per heavy atom. The van der Waals surface area contributed by atoms with Crippen molar-refractivity contribution >= 4 is 29.3 Å². The monoisotopic (exact) mass is 203 g/mol. The highest BCUT2D eigenvalue weighted by Crippen LogP contribution is 2.19. The molecule has 0 spiro atoms. The second-order valence-corrected chi connectivity index (χ2v) is 2.95. The maximum Gasteiger partial charge on any atom is 0.0814 e. The van der Waals surface area contributed by atoms with Crippen LogP contribution in [0.1, 0.15) is 5.69 Å². The van der Waals surface area contributed by atoms with Gasteiger partial charge in [-0.1, -0.05) is 29.3 Å². The van der Waals surface area contributed by atoms with Crippen LogP contribution in [0.25, 0.3) is 6.08 Å². The van der Waals surface area contributed by atoms with Gasteiger partial charge in [0.15, 0.2) is 0 Å². The van der Waals surface area contributed by atoms with Gasteiger partial charge in [-0.3, -0.25) is 4.98 Å². The molecule has 1 aromatic heterocycles. The van der Waals surface area contributed by atoms with Gasteiger partial charge in [0.05, 0.1) is 22.3 Å². The van der Waals surface area contributed by atoms with Crippen LogP contribution in [0.3, 0.4) is 0 Å². The van der Waals surface area contributed by atoms with Gasteiger partial charge in [-0.25, -0.2) is 0 Å². The maximum absolute atomic E-state index is 8.49. The predicted molar refractivity (Wildman–Crippen MR) is 50.4 cm³/mol. The number of nitrogens with zero attached hydrogens (tertiary/aromatic N) is 1. The van der Waals surface area contributed by atoms with Crippen molar-refractivity contribution in [3.8, 4) is 0 Å². The molecule has 0 unspecified atom stereocenters. The second kappa shape index (κ2) is 4.45. The van der Waals surface area contributed by atoms with E-state index in [-0.39, 0.29) is 6.61 Å². The van der Waals surface area contributed by atoms with Crippen molar-refractivity contribution in [2.45, 2.75) is 0 Å². The molecule has 4 heteroatoms. The van der Waals surface area contributed by atoms with Crippen molar-refractivity contribution in [1.82, 2.24) is 4.98 Å². The summed E-state index contributed by atoms with van der Waals surface area (Å²) < 4.78 is 0. The van der Waals surface area contributed by atoms with Crippen LogP contribution in [0.2, 0.25) is 10.0 Å². The molecular weight excluding hydrogens is 197 g/mol. The first kappa shape index (κ1) is 9.52. The van der Waals surface area contributed by atoms with Crippen LogP contribution < -0.4 is 0 Å². The number of aliphatic hydroxyl groups excluding tert-OH is 1. The molecule has 1 heterocycles. The van der Waals surface area contributed by atoms with Crippen LogP contribution in [0.4, 0.5) is 0 Å². The smallest absolute Gasteiger partial charge is 0.0814 e. The fourth-order valence-corrected chi connectivity index (χ4v) is 1.16. The summed E-state index contributed by atoms with van der Waals surface area (Å²) in [6, 6.07) is 1.60. The molecule has 0 atom stereocenters. The molecule has 1 rings (SSSR count). The zero-order valence-electron chi connectivity index (χ0n) is 6.17. The summed E-state index contributed by atoms with van der Waals surface area (Å²) in [7, 11) is 0. The van der Waals surface area contributed by atoms with E-state index in [0.717, 1.165) is 0 Å². The van der Waals surface area contributed by atoms with E-state index in [4.69, 9.17) is 28.3 Å². The molecule has 64 valence electrons. The molecule has 0 saturated heterocycles. The van der Waals surface area contributed by atoms with Crippen LogP contribution in [0.5, 0.6) is 0 Å². The quantitative estimate of drug-likeness (QED) is 0.802. The number of pyridine rings is 1. The molecule has 0 aromatic carbocycles. The van der Waals surface area contributed by atoms with E-state index < -0.39 is 0 Å². The molecule has 2 nitrogen and oxygen atoms in total. The highest BCUT2D eigenvalue weighted by Gasteiger charge is 1.97. The van der Waals surface area contributed by atoms with Crippen LogP contribution in [0, 0.1) is 0 Å². The lowest BCUT2D eigenvalue weighted by Crippen LogP contribution is -1.82. The van der Waals surface area contributed by atoms with Crippen molar-refractivity contribution in [2.75, 3.05) is 6.61 Å². The Morgan fingerprint density at radius 1 is 1.50 bits per heavy atom. The minimum atomic E-state index is -0.0271. The summed E-state index contributed by atoms with van der Waals surface area (Å²) in [5.74, 6) is 0. The lowest BCUT2D eigenvalue weighted by Gasteiger charge is -1.96. The molecule has 0 radical (unpaired) electrons. The summed E-state index contributed by atoms with van der Waals surface area (Å²) in [5.41, 5.74) is 0.607. The van der Waals surface area contributed by atoms with Crippen molar-refractivity contribution in [1.29, 1.82) is 0 Å². The standard InChI is InChI=1S/C8H7Cl2NO/c9-6-4-7(10)8(11-5-6)2-1-3-12/h1-2,4-5,12H,3H2. The predicted octanol–water partition coefficient (Wildman–Crippen LogP) is 2.39. The summed E-state index contributed by atoms with van der Waals surface area (Å²) in [6.07, 6.45) is 4.70. The van der Waals surface area contributed by atoms with Crippen LogP contribution in [-0.2, 0) is 0 Å². The summed E-state index contributed by atoms with van der Waals surface area (Å²) >= 11 is 11.4. The van der Waals surface area contributed by atoms with Gasteiger partial charge in [0, 0.05) is 6.20 Å². The number of rotatable bonds is 2. The third-order valence-corrected chi connectivity index (χ3v) is 1.73. The normalized spacial score (nSPS) is 10.9. The summed E-state index contributed by atoms with van der Waals surface area (Å²) in [4.78, 5) is 3.95. The minimum absolute atomic E-state index is 0.0271. The molecular formula is C8H7Cl2NO. The number of halogens is 2. The van der Waals surface area contributed by atoms with Gasteiger partial charge in [0.1, 0.15) is 0 Å². The van der Waals surface area contributed by atoms with Crippen LogP contribution >= 0.6 is 23.2 Å². The second-order valence-electron chi connectivity index (χ2n) is 2.11. The Hall–Kier alpha value is -0.570. The average Bonchev–Trinajstić information content (AvgIpc) is 2.03. The van der Waals surface area contributed by atoms with Gasteiger partial charge < -0.3 is 5.11 Å². The molecule has 0 aliphatic heterocycles. The highest BCUT2D eigenvalue weighted by atomic mass is 35.5. The van der Waals surface area contributed by atoms with E-state index in [9.17, 15) is 0 Å². The molecule has 0 fully saturated rings. The molecule has 0 aliphatic rings. The summed E-state index contributed by atoms with van der Waals surface area (Å²) in [6.45, 7) is -0.0271. The maximum atomic E-state index is 8.49. The van der Waals surface area contributed by atoms with E-state index in [0.29, 0.717) is 15.7 Å². The van der Waals surface area contributed by atoms with Gasteiger partial charge in [-0.2, -0.15) is 0 Å². The molecule has 0 saturated carbocycles. The van der Waals surface area contributed by atoms with E-state index in [2.05, 4.69) is 4.98 Å². The Kier molecular flexibility index (Phi) is 3.53. The molecule has 12 heavy (non-hydrogen) atoms. The Bertz CT molecular complexity index is 299. The Labute approximate surface area is 80.5 Å². The molecule has 0 bridgehead atoms. The first-order chi connectivity index (χ1) is 5.74. The lowest BCUT2D eigenvalue weighted by atomic mass is 10.3. The third kappa shape index (κ3) is 2.48. The van der Waals surface area contributed by atoms with Gasteiger partial charge in [0.2, 0.25) is 0 Å². The lowest BCUT2D eigenvalue weighted by molar-refractivity contribution is 0.343. The number of aliphatic hydroxyl groups is 1. The van der Waals surface area contributed by atoms with E-state index in [1.807, 2.05) is 0 Å². The molecule has 1 N–H and O–H groups in total. The van der Waals surface area contributed by atoms with Crippen LogP contribution in [0.15, 0.2) is 18.3 Å². The Balaban J connectivity index is 2.94. The largest absolute Gasteiger partial charge is 0.392 e. The van der Waals surface area contributed by atoms with Crippen molar-refractivity contribution < 1.29 is 5.11 Å². The first-order valence-corrected chi connectivity index (χ1v) is 4.08.